The Kier molecular flexibility index (Phi) is 3.70. The lowest BCUT2D eigenvalue weighted by Crippen LogP contribution is -2.16. The lowest BCUT2D eigenvalue weighted by atomic mass is 10.2. The van der Waals surface area contributed by atoms with E-state index < -0.39 is 0 Å². The van der Waals surface area contributed by atoms with Crippen molar-refractivity contribution in [3.05, 3.63) is 53.3 Å². The Balaban J connectivity index is 1.63. The number of hydrogen-bond acceptors (Lipinski definition) is 5. The summed E-state index contributed by atoms with van der Waals surface area (Å²) in [6, 6.07) is 9.35. The van der Waals surface area contributed by atoms with E-state index in [1.807, 2.05) is 24.3 Å². The van der Waals surface area contributed by atoms with Crippen LogP contribution in [0.15, 0.2) is 36.5 Å². The summed E-state index contributed by atoms with van der Waals surface area (Å²) in [5.74, 6) is 1.43. The third kappa shape index (κ3) is 2.95. The van der Waals surface area contributed by atoms with E-state index in [9.17, 15) is 0 Å². The number of benzene rings is 1. The van der Waals surface area contributed by atoms with Crippen molar-refractivity contribution in [1.82, 2.24) is 4.98 Å². The van der Waals surface area contributed by atoms with Crippen molar-refractivity contribution >= 4 is 5.84 Å². The molecule has 3 rings (SSSR count). The van der Waals surface area contributed by atoms with Gasteiger partial charge in [-0.05, 0) is 23.8 Å². The van der Waals surface area contributed by atoms with Gasteiger partial charge in [-0.3, -0.25) is 10.4 Å². The number of nitrogens with two attached hydrogens (primary N) is 1. The van der Waals surface area contributed by atoms with Gasteiger partial charge in [0.2, 0.25) is 6.79 Å². The van der Waals surface area contributed by atoms with Gasteiger partial charge in [-0.1, -0.05) is 12.1 Å². The molecule has 21 heavy (non-hydrogen) atoms. The average Bonchev–Trinajstić information content (AvgIpc) is 2.95. The van der Waals surface area contributed by atoms with Crippen LogP contribution < -0.4 is 15.2 Å². The molecule has 1 aromatic heterocycles. The van der Waals surface area contributed by atoms with E-state index in [4.69, 9.17) is 25.4 Å². The average molecular weight is 285 g/mol. The zero-order valence-corrected chi connectivity index (χ0v) is 11.3. The number of pyridine rings is 1. The molecule has 0 amide bonds. The Bertz CT molecular complexity index is 673. The van der Waals surface area contributed by atoms with E-state index in [0.717, 1.165) is 22.6 Å². The first kappa shape index (κ1) is 13.4. The standard InChI is InChI=1S/C15H15N3O3/c16-15(17)14-11(2-1-5-18-14)8-19-7-10-3-4-12-13(6-10)21-9-20-12/h1-6H,7-9H2,(H3,16,17). The summed E-state index contributed by atoms with van der Waals surface area (Å²) >= 11 is 0. The molecule has 0 radical (unpaired) electrons. The predicted molar refractivity (Wildman–Crippen MR) is 76.3 cm³/mol. The molecule has 3 N–H and O–H groups in total. The summed E-state index contributed by atoms with van der Waals surface area (Å²) in [6.07, 6.45) is 1.61. The largest absolute Gasteiger partial charge is 0.454 e. The van der Waals surface area contributed by atoms with Crippen molar-refractivity contribution in [2.75, 3.05) is 6.79 Å². The molecule has 2 heterocycles. The van der Waals surface area contributed by atoms with Crippen LogP contribution in [0.4, 0.5) is 0 Å². The molecule has 2 aromatic rings. The fourth-order valence-electron chi connectivity index (χ4n) is 2.11. The van der Waals surface area contributed by atoms with Gasteiger partial charge < -0.3 is 19.9 Å². The number of nitrogens with zero attached hydrogens (tertiary/aromatic N) is 1. The molecule has 108 valence electrons. The number of nitrogen functional groups attached to an aromatic ring is 1. The van der Waals surface area contributed by atoms with Crippen LogP contribution in [0.2, 0.25) is 0 Å². The second-order valence-electron chi connectivity index (χ2n) is 4.61. The van der Waals surface area contributed by atoms with Crippen LogP contribution in [-0.2, 0) is 18.0 Å². The Morgan fingerprint density at radius 3 is 2.95 bits per heavy atom. The third-order valence-corrected chi connectivity index (χ3v) is 3.11. The number of ether oxygens (including phenoxy) is 3. The fraction of sp³-hybridized carbons (Fsp3) is 0.200. The van der Waals surface area contributed by atoms with E-state index in [1.54, 1.807) is 12.3 Å². The molecular formula is C15H15N3O3. The summed E-state index contributed by atoms with van der Waals surface area (Å²) < 4.78 is 16.3. The van der Waals surface area contributed by atoms with Crippen LogP contribution in [0.3, 0.4) is 0 Å². The lowest BCUT2D eigenvalue weighted by Gasteiger charge is -2.08. The summed E-state index contributed by atoms with van der Waals surface area (Å²) in [7, 11) is 0. The van der Waals surface area contributed by atoms with Crippen LogP contribution in [0.25, 0.3) is 0 Å². The van der Waals surface area contributed by atoms with Gasteiger partial charge >= 0.3 is 0 Å². The minimum atomic E-state index is -0.0581. The summed E-state index contributed by atoms with van der Waals surface area (Å²) in [5, 5.41) is 7.49. The van der Waals surface area contributed by atoms with Crippen LogP contribution in [0.5, 0.6) is 11.5 Å². The Hall–Kier alpha value is -2.60. The highest BCUT2D eigenvalue weighted by Crippen LogP contribution is 2.32. The van der Waals surface area contributed by atoms with Gasteiger partial charge in [0.25, 0.3) is 0 Å². The number of amidine groups is 1. The molecule has 0 saturated carbocycles. The first-order valence-electron chi connectivity index (χ1n) is 6.48. The van der Waals surface area contributed by atoms with E-state index in [2.05, 4.69) is 4.98 Å². The fourth-order valence-corrected chi connectivity index (χ4v) is 2.11. The highest BCUT2D eigenvalue weighted by Gasteiger charge is 2.13. The highest BCUT2D eigenvalue weighted by molar-refractivity contribution is 5.94. The maximum Gasteiger partial charge on any atom is 0.231 e. The molecule has 0 aliphatic carbocycles. The molecule has 6 nitrogen and oxygen atoms in total. The number of rotatable bonds is 5. The molecule has 6 heteroatoms. The number of nitrogens with one attached hydrogen (secondary N) is 1. The number of fused-ring (bicyclic) bond motifs is 1. The van der Waals surface area contributed by atoms with Gasteiger partial charge in [-0.25, -0.2) is 0 Å². The van der Waals surface area contributed by atoms with Crippen molar-refractivity contribution in [3.63, 3.8) is 0 Å². The Labute approximate surface area is 122 Å². The highest BCUT2D eigenvalue weighted by atomic mass is 16.7. The SMILES string of the molecule is N=C(N)c1ncccc1COCc1ccc2c(c1)OCO2. The van der Waals surface area contributed by atoms with E-state index in [-0.39, 0.29) is 12.6 Å². The van der Waals surface area contributed by atoms with Gasteiger partial charge in [0, 0.05) is 11.8 Å². The van der Waals surface area contributed by atoms with Crippen LogP contribution in [-0.4, -0.2) is 17.6 Å². The molecule has 0 atom stereocenters. The van der Waals surface area contributed by atoms with Crippen LogP contribution in [0.1, 0.15) is 16.8 Å². The molecule has 1 aromatic carbocycles. The second kappa shape index (κ2) is 5.80. The molecule has 0 bridgehead atoms. The first-order chi connectivity index (χ1) is 10.2. The summed E-state index contributed by atoms with van der Waals surface area (Å²) in [5.41, 5.74) is 7.75. The molecule has 0 fully saturated rings. The molecule has 0 unspecified atom stereocenters. The summed E-state index contributed by atoms with van der Waals surface area (Å²) in [4.78, 5) is 4.09. The van der Waals surface area contributed by atoms with Gasteiger partial charge in [-0.15, -0.1) is 0 Å². The molecular weight excluding hydrogens is 270 g/mol. The van der Waals surface area contributed by atoms with Crippen molar-refractivity contribution in [2.24, 2.45) is 5.73 Å². The zero-order valence-electron chi connectivity index (χ0n) is 11.3. The van der Waals surface area contributed by atoms with Gasteiger partial charge in [-0.2, -0.15) is 0 Å². The van der Waals surface area contributed by atoms with E-state index in [1.165, 1.54) is 0 Å². The Morgan fingerprint density at radius 2 is 2.10 bits per heavy atom. The van der Waals surface area contributed by atoms with E-state index in [0.29, 0.717) is 18.9 Å². The van der Waals surface area contributed by atoms with Gasteiger partial charge in [0.1, 0.15) is 11.5 Å². The van der Waals surface area contributed by atoms with Gasteiger partial charge in [0.05, 0.1) is 13.2 Å². The maximum atomic E-state index is 7.49. The van der Waals surface area contributed by atoms with E-state index >= 15 is 0 Å². The molecule has 0 saturated heterocycles. The van der Waals surface area contributed by atoms with Crippen LogP contribution >= 0.6 is 0 Å². The monoisotopic (exact) mass is 285 g/mol. The first-order valence-corrected chi connectivity index (χ1v) is 6.48. The molecule has 1 aliphatic rings. The van der Waals surface area contributed by atoms with Crippen molar-refractivity contribution < 1.29 is 14.2 Å². The van der Waals surface area contributed by atoms with Crippen molar-refractivity contribution in [3.8, 4) is 11.5 Å². The number of aromatic nitrogens is 1. The third-order valence-electron chi connectivity index (χ3n) is 3.11. The smallest absolute Gasteiger partial charge is 0.231 e. The minimum Gasteiger partial charge on any atom is -0.454 e. The van der Waals surface area contributed by atoms with Crippen molar-refractivity contribution in [1.29, 1.82) is 5.41 Å². The minimum absolute atomic E-state index is 0.0581. The van der Waals surface area contributed by atoms with Crippen LogP contribution in [0, 0.1) is 5.41 Å². The second-order valence-corrected chi connectivity index (χ2v) is 4.61. The van der Waals surface area contributed by atoms with Crippen molar-refractivity contribution in [2.45, 2.75) is 13.2 Å². The summed E-state index contributed by atoms with van der Waals surface area (Å²) in [6.45, 7) is 1.04. The quantitative estimate of drug-likeness (QED) is 0.646. The predicted octanol–water partition coefficient (Wildman–Crippen LogP) is 1.81. The van der Waals surface area contributed by atoms with Gasteiger partial charge in [0.15, 0.2) is 11.5 Å². The Morgan fingerprint density at radius 1 is 1.24 bits per heavy atom. The number of hydrogen-bond donors (Lipinski definition) is 2. The molecule has 1 aliphatic heterocycles. The normalized spacial score (nSPS) is 12.4. The molecule has 0 spiro atoms. The lowest BCUT2D eigenvalue weighted by molar-refractivity contribution is 0.106. The maximum absolute atomic E-state index is 7.49. The topological polar surface area (TPSA) is 90.5 Å². The zero-order chi connectivity index (χ0) is 14.7.